The molecule has 2 rings (SSSR count). The SMILES string of the molecule is Cc1ccc2c(c1)[nH]c(=O)n2CC(C)(C)N. The van der Waals surface area contributed by atoms with Gasteiger partial charge in [-0.25, -0.2) is 4.79 Å². The van der Waals surface area contributed by atoms with Gasteiger partial charge in [0.2, 0.25) is 0 Å². The smallest absolute Gasteiger partial charge is 0.324 e. The summed E-state index contributed by atoms with van der Waals surface area (Å²) in [5.74, 6) is 0. The molecule has 0 unspecified atom stereocenters. The highest BCUT2D eigenvalue weighted by Crippen LogP contribution is 2.13. The van der Waals surface area contributed by atoms with E-state index in [1.165, 1.54) is 0 Å². The maximum Gasteiger partial charge on any atom is 0.326 e. The topological polar surface area (TPSA) is 63.8 Å². The predicted octanol–water partition coefficient (Wildman–Crippen LogP) is 1.38. The highest BCUT2D eigenvalue weighted by Gasteiger charge is 2.15. The van der Waals surface area contributed by atoms with Crippen molar-refractivity contribution in [2.75, 3.05) is 0 Å². The van der Waals surface area contributed by atoms with Gasteiger partial charge in [0, 0.05) is 12.1 Å². The lowest BCUT2D eigenvalue weighted by molar-refractivity contribution is 0.434. The summed E-state index contributed by atoms with van der Waals surface area (Å²) in [4.78, 5) is 14.6. The van der Waals surface area contributed by atoms with Crippen LogP contribution in [0.3, 0.4) is 0 Å². The van der Waals surface area contributed by atoms with E-state index in [9.17, 15) is 4.79 Å². The quantitative estimate of drug-likeness (QED) is 0.801. The molecule has 0 bridgehead atoms. The average Bonchev–Trinajstić information content (AvgIpc) is 2.40. The lowest BCUT2D eigenvalue weighted by atomic mass is 10.1. The summed E-state index contributed by atoms with van der Waals surface area (Å²) < 4.78 is 1.69. The van der Waals surface area contributed by atoms with Gasteiger partial charge in [0.1, 0.15) is 0 Å². The molecule has 2 aromatic rings. The van der Waals surface area contributed by atoms with Gasteiger partial charge in [-0.2, -0.15) is 0 Å². The number of hydrogen-bond acceptors (Lipinski definition) is 2. The molecular weight excluding hydrogens is 202 g/mol. The fraction of sp³-hybridized carbons (Fsp3) is 0.417. The van der Waals surface area contributed by atoms with Crippen molar-refractivity contribution in [1.29, 1.82) is 0 Å². The highest BCUT2D eigenvalue weighted by atomic mass is 16.1. The van der Waals surface area contributed by atoms with Crippen LogP contribution in [0.15, 0.2) is 23.0 Å². The predicted molar refractivity (Wildman–Crippen MR) is 65.6 cm³/mol. The van der Waals surface area contributed by atoms with Gasteiger partial charge in [-0.15, -0.1) is 0 Å². The van der Waals surface area contributed by atoms with Gasteiger partial charge in [0.05, 0.1) is 11.0 Å². The van der Waals surface area contributed by atoms with Crippen molar-refractivity contribution < 1.29 is 0 Å². The Morgan fingerprint density at radius 1 is 1.44 bits per heavy atom. The highest BCUT2D eigenvalue weighted by molar-refractivity contribution is 5.75. The van der Waals surface area contributed by atoms with E-state index in [1.54, 1.807) is 4.57 Å². The zero-order chi connectivity index (χ0) is 11.9. The first-order chi connectivity index (χ1) is 7.37. The lowest BCUT2D eigenvalue weighted by Crippen LogP contribution is -2.39. The zero-order valence-corrected chi connectivity index (χ0v) is 9.87. The van der Waals surface area contributed by atoms with Crippen molar-refractivity contribution in [3.63, 3.8) is 0 Å². The van der Waals surface area contributed by atoms with E-state index in [4.69, 9.17) is 5.73 Å². The van der Waals surface area contributed by atoms with E-state index in [-0.39, 0.29) is 5.69 Å². The van der Waals surface area contributed by atoms with Gasteiger partial charge >= 0.3 is 5.69 Å². The molecule has 0 aliphatic rings. The molecule has 0 spiro atoms. The number of hydrogen-bond donors (Lipinski definition) is 2. The molecule has 0 saturated carbocycles. The standard InChI is InChI=1S/C12H17N3O/c1-8-4-5-10-9(6-8)14-11(16)15(10)7-12(2,3)13/h4-6H,7,13H2,1-3H3,(H,14,16). The van der Waals surface area contributed by atoms with Crippen LogP contribution in [0, 0.1) is 6.92 Å². The maximum atomic E-state index is 11.8. The fourth-order valence-electron chi connectivity index (χ4n) is 1.84. The number of aromatic nitrogens is 2. The molecule has 0 aliphatic heterocycles. The van der Waals surface area contributed by atoms with Crippen molar-refractivity contribution in [2.45, 2.75) is 32.9 Å². The second-order valence-electron chi connectivity index (χ2n) is 5.03. The molecule has 4 nitrogen and oxygen atoms in total. The summed E-state index contributed by atoms with van der Waals surface area (Å²) in [6, 6.07) is 5.92. The van der Waals surface area contributed by atoms with Crippen molar-refractivity contribution >= 4 is 11.0 Å². The largest absolute Gasteiger partial charge is 0.326 e. The molecule has 0 fully saturated rings. The molecular formula is C12H17N3O. The monoisotopic (exact) mass is 219 g/mol. The summed E-state index contributed by atoms with van der Waals surface area (Å²) >= 11 is 0. The molecule has 4 heteroatoms. The van der Waals surface area contributed by atoms with Crippen LogP contribution in [0.2, 0.25) is 0 Å². The lowest BCUT2D eigenvalue weighted by Gasteiger charge is -2.18. The fourth-order valence-corrected chi connectivity index (χ4v) is 1.84. The third-order valence-corrected chi connectivity index (χ3v) is 2.50. The summed E-state index contributed by atoms with van der Waals surface area (Å²) in [7, 11) is 0. The van der Waals surface area contributed by atoms with Gasteiger partial charge < -0.3 is 10.7 Å². The number of nitrogens with one attached hydrogen (secondary N) is 1. The van der Waals surface area contributed by atoms with Gasteiger partial charge in [-0.3, -0.25) is 4.57 Å². The van der Waals surface area contributed by atoms with Crippen LogP contribution in [0.4, 0.5) is 0 Å². The van der Waals surface area contributed by atoms with Crippen molar-refractivity contribution in [2.24, 2.45) is 5.73 Å². The van der Waals surface area contributed by atoms with Crippen LogP contribution in [0.25, 0.3) is 11.0 Å². The molecule has 0 amide bonds. The summed E-state index contributed by atoms with van der Waals surface area (Å²) in [5, 5.41) is 0. The minimum atomic E-state index is -0.399. The first-order valence-corrected chi connectivity index (χ1v) is 5.35. The number of rotatable bonds is 2. The molecule has 1 heterocycles. The van der Waals surface area contributed by atoms with E-state index in [0.29, 0.717) is 6.54 Å². The molecule has 0 atom stereocenters. The molecule has 3 N–H and O–H groups in total. The summed E-state index contributed by atoms with van der Waals surface area (Å²) in [5.41, 5.74) is 8.36. The summed E-state index contributed by atoms with van der Waals surface area (Å²) in [6.07, 6.45) is 0. The molecule has 0 saturated heterocycles. The average molecular weight is 219 g/mol. The number of aryl methyl sites for hydroxylation is 1. The Kier molecular flexibility index (Phi) is 2.39. The molecule has 1 aromatic heterocycles. The Labute approximate surface area is 94.1 Å². The maximum absolute atomic E-state index is 11.8. The number of H-pyrrole nitrogens is 1. The Morgan fingerprint density at radius 2 is 2.12 bits per heavy atom. The van der Waals surface area contributed by atoms with E-state index in [0.717, 1.165) is 16.6 Å². The van der Waals surface area contributed by atoms with Crippen LogP contribution in [0.5, 0.6) is 0 Å². The minimum absolute atomic E-state index is 0.0980. The normalized spacial score (nSPS) is 12.2. The van der Waals surface area contributed by atoms with Crippen LogP contribution in [-0.4, -0.2) is 15.1 Å². The number of aromatic amines is 1. The Bertz CT molecular complexity index is 572. The first kappa shape index (κ1) is 11.0. The molecule has 16 heavy (non-hydrogen) atoms. The van der Waals surface area contributed by atoms with E-state index in [2.05, 4.69) is 4.98 Å². The molecule has 1 aromatic carbocycles. The zero-order valence-electron chi connectivity index (χ0n) is 9.87. The third-order valence-electron chi connectivity index (χ3n) is 2.50. The third kappa shape index (κ3) is 2.02. The second kappa shape index (κ2) is 3.49. The molecule has 0 radical (unpaired) electrons. The Hall–Kier alpha value is -1.55. The Morgan fingerprint density at radius 3 is 2.75 bits per heavy atom. The van der Waals surface area contributed by atoms with Crippen molar-refractivity contribution in [3.8, 4) is 0 Å². The van der Waals surface area contributed by atoms with Crippen LogP contribution < -0.4 is 11.4 Å². The van der Waals surface area contributed by atoms with Gasteiger partial charge in [0.15, 0.2) is 0 Å². The number of imidazole rings is 1. The Balaban J connectivity index is 2.61. The van der Waals surface area contributed by atoms with E-state index in [1.807, 2.05) is 39.0 Å². The van der Waals surface area contributed by atoms with Gasteiger partial charge in [0.25, 0.3) is 0 Å². The van der Waals surface area contributed by atoms with Gasteiger partial charge in [-0.1, -0.05) is 6.07 Å². The van der Waals surface area contributed by atoms with Crippen molar-refractivity contribution in [1.82, 2.24) is 9.55 Å². The first-order valence-electron chi connectivity index (χ1n) is 5.35. The van der Waals surface area contributed by atoms with E-state index < -0.39 is 5.54 Å². The number of nitrogens with zero attached hydrogens (tertiary/aromatic N) is 1. The number of nitrogens with two attached hydrogens (primary N) is 1. The minimum Gasteiger partial charge on any atom is -0.324 e. The van der Waals surface area contributed by atoms with Crippen LogP contribution in [0.1, 0.15) is 19.4 Å². The van der Waals surface area contributed by atoms with Crippen molar-refractivity contribution in [3.05, 3.63) is 34.2 Å². The molecule has 86 valence electrons. The number of benzene rings is 1. The number of fused-ring (bicyclic) bond motifs is 1. The van der Waals surface area contributed by atoms with E-state index >= 15 is 0 Å². The van der Waals surface area contributed by atoms with Crippen LogP contribution >= 0.6 is 0 Å². The molecule has 0 aliphatic carbocycles. The van der Waals surface area contributed by atoms with Gasteiger partial charge in [-0.05, 0) is 38.5 Å². The van der Waals surface area contributed by atoms with Crippen LogP contribution in [-0.2, 0) is 6.54 Å². The second-order valence-corrected chi connectivity index (χ2v) is 5.03. The summed E-state index contributed by atoms with van der Waals surface area (Å²) in [6.45, 7) is 6.33.